The highest BCUT2D eigenvalue weighted by atomic mass is 32.2. The van der Waals surface area contributed by atoms with Crippen LogP contribution in [0.1, 0.15) is 21.3 Å². The van der Waals surface area contributed by atoms with Crippen LogP contribution in [-0.4, -0.2) is 22.5 Å². The maximum atomic E-state index is 13.7. The molecule has 0 radical (unpaired) electrons. The van der Waals surface area contributed by atoms with Crippen LogP contribution in [0.3, 0.4) is 0 Å². The third-order valence-corrected chi connectivity index (χ3v) is 5.92. The first-order valence-corrected chi connectivity index (χ1v) is 10.3. The molecule has 9 heteroatoms. The van der Waals surface area contributed by atoms with Crippen molar-refractivity contribution in [3.63, 3.8) is 0 Å². The summed E-state index contributed by atoms with van der Waals surface area (Å²) >= 11 is 1.41. The van der Waals surface area contributed by atoms with E-state index >= 15 is 0 Å². The lowest BCUT2D eigenvalue weighted by Crippen LogP contribution is -2.27. The molecule has 1 saturated heterocycles. The molecule has 3 aromatic carbocycles. The number of thioether (sulfide) groups is 1. The lowest BCUT2D eigenvalue weighted by Gasteiger charge is -2.24. The molecule has 1 aliphatic rings. The van der Waals surface area contributed by atoms with Gasteiger partial charge in [0.2, 0.25) is 5.91 Å². The molecule has 31 heavy (non-hydrogen) atoms. The maximum Gasteiger partial charge on any atom is 0.270 e. The summed E-state index contributed by atoms with van der Waals surface area (Å²) in [4.78, 5) is 36.9. The Kier molecular flexibility index (Phi) is 5.68. The Balaban J connectivity index is 1.58. The summed E-state index contributed by atoms with van der Waals surface area (Å²) in [5.41, 5.74) is 1.69. The van der Waals surface area contributed by atoms with E-state index in [2.05, 4.69) is 5.32 Å². The second-order valence-electron chi connectivity index (χ2n) is 6.79. The molecular formula is C22H16FN3O4S. The number of rotatable bonds is 5. The van der Waals surface area contributed by atoms with Gasteiger partial charge < -0.3 is 5.32 Å². The van der Waals surface area contributed by atoms with Crippen LogP contribution in [0.25, 0.3) is 0 Å². The highest BCUT2D eigenvalue weighted by Gasteiger charge is 2.34. The van der Waals surface area contributed by atoms with Gasteiger partial charge in [-0.25, -0.2) is 4.39 Å². The van der Waals surface area contributed by atoms with Crippen molar-refractivity contribution in [1.29, 1.82) is 0 Å². The number of nitro groups is 1. The summed E-state index contributed by atoms with van der Waals surface area (Å²) in [6, 6.07) is 18.3. The molecule has 0 aliphatic carbocycles. The van der Waals surface area contributed by atoms with E-state index in [-0.39, 0.29) is 28.3 Å². The van der Waals surface area contributed by atoms with Crippen LogP contribution in [0.5, 0.6) is 0 Å². The van der Waals surface area contributed by atoms with Gasteiger partial charge in [-0.3, -0.25) is 24.6 Å². The smallest absolute Gasteiger partial charge is 0.270 e. The maximum absolute atomic E-state index is 13.7. The van der Waals surface area contributed by atoms with Gasteiger partial charge in [0.05, 0.1) is 10.7 Å². The minimum Gasteiger partial charge on any atom is -0.322 e. The minimum atomic E-state index is -0.563. The van der Waals surface area contributed by atoms with Gasteiger partial charge in [-0.15, -0.1) is 11.8 Å². The fourth-order valence-corrected chi connectivity index (χ4v) is 4.48. The van der Waals surface area contributed by atoms with Gasteiger partial charge in [-0.2, -0.15) is 0 Å². The molecule has 1 unspecified atom stereocenters. The molecule has 0 aromatic heterocycles. The normalized spacial score (nSPS) is 15.7. The third kappa shape index (κ3) is 4.41. The standard InChI is InChI=1S/C22H16FN3O4S/c23-16-6-3-8-18(12-16)25-20(27)13-31-22(25)15-5-1-7-17(10-15)24-21(28)14-4-2-9-19(11-14)26(29)30/h1-12,22H,13H2,(H,24,28). The van der Waals surface area contributed by atoms with Crippen molar-refractivity contribution in [3.05, 3.63) is 99.9 Å². The summed E-state index contributed by atoms with van der Waals surface area (Å²) in [5, 5.41) is 13.3. The van der Waals surface area contributed by atoms with E-state index in [0.717, 1.165) is 5.56 Å². The highest BCUT2D eigenvalue weighted by Crippen LogP contribution is 2.42. The Morgan fingerprint density at radius 1 is 1.10 bits per heavy atom. The predicted molar refractivity (Wildman–Crippen MR) is 117 cm³/mol. The van der Waals surface area contributed by atoms with Gasteiger partial charge in [-0.05, 0) is 42.0 Å². The predicted octanol–water partition coefficient (Wildman–Crippen LogP) is 4.76. The molecule has 0 spiro atoms. The first-order chi connectivity index (χ1) is 14.9. The average molecular weight is 437 g/mol. The van der Waals surface area contributed by atoms with Crippen LogP contribution in [0.2, 0.25) is 0 Å². The van der Waals surface area contributed by atoms with Crippen LogP contribution in [-0.2, 0) is 4.79 Å². The fourth-order valence-electron chi connectivity index (χ4n) is 3.31. The van der Waals surface area contributed by atoms with Gasteiger partial charge in [0.15, 0.2) is 0 Å². The molecule has 4 rings (SSSR count). The van der Waals surface area contributed by atoms with Crippen molar-refractivity contribution in [2.24, 2.45) is 0 Å². The number of hydrogen-bond donors (Lipinski definition) is 1. The summed E-state index contributed by atoms with van der Waals surface area (Å²) in [6.07, 6.45) is 0. The van der Waals surface area contributed by atoms with Crippen molar-refractivity contribution in [3.8, 4) is 0 Å². The topological polar surface area (TPSA) is 92.6 Å². The first kappa shape index (κ1) is 20.5. The summed E-state index contributed by atoms with van der Waals surface area (Å²) in [5.74, 6) is -0.797. The lowest BCUT2D eigenvalue weighted by molar-refractivity contribution is -0.384. The number of anilines is 2. The molecule has 1 N–H and O–H groups in total. The Hall–Kier alpha value is -3.72. The van der Waals surface area contributed by atoms with Crippen molar-refractivity contribution < 1.29 is 18.9 Å². The molecule has 0 saturated carbocycles. The molecule has 1 aliphatic heterocycles. The van der Waals surface area contributed by atoms with Gasteiger partial charge >= 0.3 is 0 Å². The zero-order valence-electron chi connectivity index (χ0n) is 16.0. The zero-order valence-corrected chi connectivity index (χ0v) is 16.8. The van der Waals surface area contributed by atoms with Crippen LogP contribution >= 0.6 is 11.8 Å². The Bertz CT molecular complexity index is 1190. The Labute approximate surface area is 181 Å². The lowest BCUT2D eigenvalue weighted by atomic mass is 10.1. The number of carbonyl (C=O) groups excluding carboxylic acids is 2. The number of nitrogens with zero attached hydrogens (tertiary/aromatic N) is 2. The number of halogens is 1. The number of benzene rings is 3. The second-order valence-corrected chi connectivity index (χ2v) is 7.86. The monoisotopic (exact) mass is 437 g/mol. The van der Waals surface area contributed by atoms with E-state index in [4.69, 9.17) is 0 Å². The summed E-state index contributed by atoms with van der Waals surface area (Å²) in [7, 11) is 0. The molecule has 1 atom stereocenters. The molecule has 156 valence electrons. The van der Waals surface area contributed by atoms with Crippen molar-refractivity contribution in [2.45, 2.75) is 5.37 Å². The number of hydrogen-bond acceptors (Lipinski definition) is 5. The summed E-state index contributed by atoms with van der Waals surface area (Å²) < 4.78 is 13.7. The molecular weight excluding hydrogens is 421 g/mol. The minimum absolute atomic E-state index is 0.133. The zero-order chi connectivity index (χ0) is 22.0. The highest BCUT2D eigenvalue weighted by molar-refractivity contribution is 8.00. The van der Waals surface area contributed by atoms with Crippen LogP contribution < -0.4 is 10.2 Å². The van der Waals surface area contributed by atoms with E-state index in [1.165, 1.54) is 53.1 Å². The number of nitrogens with one attached hydrogen (secondary N) is 1. The molecule has 2 amide bonds. The quantitative estimate of drug-likeness (QED) is 0.459. The molecule has 1 heterocycles. The number of carbonyl (C=O) groups is 2. The van der Waals surface area contributed by atoms with Crippen molar-refractivity contribution in [1.82, 2.24) is 0 Å². The van der Waals surface area contributed by atoms with E-state index < -0.39 is 16.6 Å². The largest absolute Gasteiger partial charge is 0.322 e. The SMILES string of the molecule is O=C(Nc1cccc(C2SCC(=O)N2c2cccc(F)c2)c1)c1cccc([N+](=O)[O-])c1. The first-order valence-electron chi connectivity index (χ1n) is 9.27. The Morgan fingerprint density at radius 2 is 1.87 bits per heavy atom. The van der Waals surface area contributed by atoms with E-state index in [1.54, 1.807) is 30.3 Å². The van der Waals surface area contributed by atoms with Crippen molar-refractivity contribution >= 4 is 40.6 Å². The van der Waals surface area contributed by atoms with Gasteiger partial charge in [0.1, 0.15) is 11.2 Å². The van der Waals surface area contributed by atoms with Crippen LogP contribution in [0, 0.1) is 15.9 Å². The van der Waals surface area contributed by atoms with Gasteiger partial charge in [0.25, 0.3) is 11.6 Å². The molecule has 1 fully saturated rings. The van der Waals surface area contributed by atoms with E-state index in [0.29, 0.717) is 11.4 Å². The molecule has 3 aromatic rings. The molecule has 0 bridgehead atoms. The number of non-ortho nitro benzene ring substituents is 1. The number of amides is 2. The van der Waals surface area contributed by atoms with E-state index in [1.807, 2.05) is 6.07 Å². The summed E-state index contributed by atoms with van der Waals surface area (Å²) in [6.45, 7) is 0. The second kappa shape index (κ2) is 8.57. The van der Waals surface area contributed by atoms with E-state index in [9.17, 15) is 24.1 Å². The number of nitro benzene ring substituents is 1. The average Bonchev–Trinajstić information content (AvgIpc) is 3.15. The molecule has 7 nitrogen and oxygen atoms in total. The third-order valence-electron chi connectivity index (χ3n) is 4.70. The van der Waals surface area contributed by atoms with Crippen molar-refractivity contribution in [2.75, 3.05) is 16.0 Å². The van der Waals surface area contributed by atoms with Gasteiger partial charge in [0, 0.05) is 29.1 Å². The van der Waals surface area contributed by atoms with Gasteiger partial charge in [-0.1, -0.05) is 24.3 Å². The van der Waals surface area contributed by atoms with Crippen LogP contribution in [0.4, 0.5) is 21.5 Å². The fraction of sp³-hybridized carbons (Fsp3) is 0.0909. The van der Waals surface area contributed by atoms with Crippen LogP contribution in [0.15, 0.2) is 72.8 Å². The Morgan fingerprint density at radius 3 is 2.65 bits per heavy atom.